The lowest BCUT2D eigenvalue weighted by atomic mass is 9.53. The maximum atomic E-state index is 11.7. The molecule has 2 fully saturated rings. The van der Waals surface area contributed by atoms with Gasteiger partial charge in [-0.3, -0.25) is 4.72 Å². The SMILES string of the molecule is CS(=O)(=O)Nc1ccccc1Nc1cc2c(cc1O)[C@]13CCCC[C@@H]1[C@H](C2)NCC3.O=C(O)C(F)(F)F. The van der Waals surface area contributed by atoms with E-state index in [1.165, 1.54) is 36.8 Å². The first kappa shape index (κ1) is 27.1. The highest BCUT2D eigenvalue weighted by Gasteiger charge is 2.51. The molecular formula is C25H30F3N3O5S. The molecule has 0 amide bonds. The van der Waals surface area contributed by atoms with Crippen molar-refractivity contribution in [3.05, 3.63) is 47.5 Å². The highest BCUT2D eigenvalue weighted by Crippen LogP contribution is 2.55. The van der Waals surface area contributed by atoms with E-state index >= 15 is 0 Å². The van der Waals surface area contributed by atoms with Gasteiger partial charge in [-0.2, -0.15) is 13.2 Å². The molecule has 5 rings (SSSR count). The van der Waals surface area contributed by atoms with Crippen LogP contribution in [0.5, 0.6) is 5.75 Å². The number of rotatable bonds is 4. The molecule has 2 bridgehead atoms. The van der Waals surface area contributed by atoms with Crippen LogP contribution in [0.2, 0.25) is 0 Å². The first-order valence-electron chi connectivity index (χ1n) is 12.0. The number of aliphatic carboxylic acids is 1. The maximum Gasteiger partial charge on any atom is 0.490 e. The molecule has 0 unspecified atom stereocenters. The number of piperidine rings is 1. The third kappa shape index (κ3) is 5.80. The Bertz CT molecular complexity index is 1280. The topological polar surface area (TPSA) is 128 Å². The summed E-state index contributed by atoms with van der Waals surface area (Å²) in [6, 6.07) is 11.7. The smallest absolute Gasteiger partial charge is 0.490 e. The number of carboxylic acid groups (broad SMARTS) is 1. The van der Waals surface area contributed by atoms with Gasteiger partial charge in [0.2, 0.25) is 10.0 Å². The first-order valence-corrected chi connectivity index (χ1v) is 13.9. The molecule has 5 N–H and O–H groups in total. The van der Waals surface area contributed by atoms with E-state index in [0.29, 0.717) is 29.0 Å². The van der Waals surface area contributed by atoms with Gasteiger partial charge in [-0.1, -0.05) is 25.0 Å². The van der Waals surface area contributed by atoms with Gasteiger partial charge in [0.25, 0.3) is 0 Å². The van der Waals surface area contributed by atoms with Crippen molar-refractivity contribution in [1.29, 1.82) is 0 Å². The summed E-state index contributed by atoms with van der Waals surface area (Å²) in [5.41, 5.74) is 4.49. The summed E-state index contributed by atoms with van der Waals surface area (Å²) in [5.74, 6) is -1.88. The second-order valence-electron chi connectivity index (χ2n) is 9.90. The van der Waals surface area contributed by atoms with Crippen LogP contribution < -0.4 is 15.4 Å². The van der Waals surface area contributed by atoms with Crippen LogP contribution in [-0.4, -0.2) is 49.6 Å². The lowest BCUT2D eigenvalue weighted by Gasteiger charge is -2.56. The zero-order chi connectivity index (χ0) is 27.0. The quantitative estimate of drug-likeness (QED) is 0.361. The molecule has 12 heteroatoms. The van der Waals surface area contributed by atoms with Crippen molar-refractivity contribution in [3.63, 3.8) is 0 Å². The Kier molecular flexibility index (Phi) is 7.35. The maximum absolute atomic E-state index is 11.7. The van der Waals surface area contributed by atoms with Crippen LogP contribution in [0.25, 0.3) is 0 Å². The molecule has 0 spiro atoms. The number of carboxylic acids is 1. The molecule has 3 atom stereocenters. The standard InChI is InChI=1S/C23H29N3O3S.C2HF3O2/c1-30(28,29)26-19-8-3-2-7-18(19)25-21-13-15-12-20-16-6-4-5-9-23(16,10-11-24-20)17(15)14-22(21)27;3-2(4,5)1(6)7/h2-3,7-8,13-14,16,20,24-27H,4-6,9-12H2,1H3;(H,6,7)/t16-,20+,23+;/m1./s1. The number of anilines is 3. The number of carbonyl (C=O) groups is 1. The van der Waals surface area contributed by atoms with Crippen molar-refractivity contribution in [2.75, 3.05) is 22.8 Å². The normalized spacial score (nSPS) is 24.5. The third-order valence-electron chi connectivity index (χ3n) is 7.49. The van der Waals surface area contributed by atoms with E-state index < -0.39 is 22.2 Å². The summed E-state index contributed by atoms with van der Waals surface area (Å²) in [7, 11) is -3.40. The third-order valence-corrected chi connectivity index (χ3v) is 8.08. The average Bonchev–Trinajstić information content (AvgIpc) is 2.80. The number of hydrogen-bond donors (Lipinski definition) is 5. The molecule has 0 aromatic heterocycles. The van der Waals surface area contributed by atoms with Crippen LogP contribution in [0.3, 0.4) is 0 Å². The Balaban J connectivity index is 0.000000405. The van der Waals surface area contributed by atoms with E-state index in [1.807, 2.05) is 12.1 Å². The van der Waals surface area contributed by atoms with Crippen LogP contribution in [0.15, 0.2) is 36.4 Å². The molecule has 2 aliphatic carbocycles. The van der Waals surface area contributed by atoms with E-state index in [1.54, 1.807) is 18.2 Å². The van der Waals surface area contributed by atoms with Crippen LogP contribution in [0.4, 0.5) is 30.2 Å². The van der Waals surface area contributed by atoms with E-state index in [9.17, 15) is 26.7 Å². The van der Waals surface area contributed by atoms with E-state index in [4.69, 9.17) is 9.90 Å². The number of para-hydroxylation sites is 2. The van der Waals surface area contributed by atoms with Gasteiger partial charge in [-0.05, 0) is 73.5 Å². The Morgan fingerprint density at radius 1 is 1.11 bits per heavy atom. The van der Waals surface area contributed by atoms with Gasteiger partial charge in [-0.15, -0.1) is 0 Å². The second kappa shape index (κ2) is 10.1. The molecule has 1 aliphatic heterocycles. The number of phenols is 1. The van der Waals surface area contributed by atoms with Crippen molar-refractivity contribution >= 4 is 33.1 Å². The number of sulfonamides is 1. The monoisotopic (exact) mass is 541 g/mol. The molecule has 1 heterocycles. The van der Waals surface area contributed by atoms with Crippen LogP contribution in [0, 0.1) is 5.92 Å². The van der Waals surface area contributed by atoms with Crippen LogP contribution in [-0.2, 0) is 26.7 Å². The second-order valence-corrected chi connectivity index (χ2v) is 11.6. The molecule has 1 saturated heterocycles. The summed E-state index contributed by atoms with van der Waals surface area (Å²) >= 11 is 0. The molecule has 202 valence electrons. The molecule has 2 aromatic rings. The minimum absolute atomic E-state index is 0.188. The van der Waals surface area contributed by atoms with Gasteiger partial charge in [0.05, 0.1) is 23.3 Å². The van der Waals surface area contributed by atoms with Crippen molar-refractivity contribution in [1.82, 2.24) is 5.32 Å². The van der Waals surface area contributed by atoms with Crippen molar-refractivity contribution in [2.45, 2.75) is 56.2 Å². The predicted octanol–water partition coefficient (Wildman–Crippen LogP) is 4.49. The van der Waals surface area contributed by atoms with Crippen molar-refractivity contribution in [2.24, 2.45) is 5.92 Å². The van der Waals surface area contributed by atoms with Crippen LogP contribution >= 0.6 is 0 Å². The summed E-state index contributed by atoms with van der Waals surface area (Å²) in [6.45, 7) is 1.05. The molecule has 3 aliphatic rings. The number of alkyl halides is 3. The summed E-state index contributed by atoms with van der Waals surface area (Å²) < 4.78 is 57.7. The van der Waals surface area contributed by atoms with Gasteiger partial charge in [0.1, 0.15) is 5.75 Å². The first-order chi connectivity index (χ1) is 17.3. The largest absolute Gasteiger partial charge is 0.506 e. The Hall–Kier alpha value is -2.99. The summed E-state index contributed by atoms with van der Waals surface area (Å²) in [4.78, 5) is 8.90. The predicted molar refractivity (Wildman–Crippen MR) is 134 cm³/mol. The van der Waals surface area contributed by atoms with Gasteiger partial charge in [-0.25, -0.2) is 13.2 Å². The highest BCUT2D eigenvalue weighted by atomic mass is 32.2. The van der Waals surface area contributed by atoms with Crippen molar-refractivity contribution < 1.29 is 36.6 Å². The molecular weight excluding hydrogens is 511 g/mol. The minimum Gasteiger partial charge on any atom is -0.506 e. The number of nitrogens with one attached hydrogen (secondary N) is 3. The molecule has 1 saturated carbocycles. The Labute approximate surface area is 213 Å². The molecule has 37 heavy (non-hydrogen) atoms. The lowest BCUT2D eigenvalue weighted by Crippen LogP contribution is -2.59. The number of benzene rings is 2. The van der Waals surface area contributed by atoms with Gasteiger partial charge in [0, 0.05) is 11.5 Å². The number of halogens is 3. The summed E-state index contributed by atoms with van der Waals surface area (Å²) in [5, 5.41) is 25.0. The zero-order valence-corrected chi connectivity index (χ0v) is 21.0. The van der Waals surface area contributed by atoms with E-state index in [0.717, 1.165) is 25.6 Å². The van der Waals surface area contributed by atoms with Crippen molar-refractivity contribution in [3.8, 4) is 5.75 Å². The average molecular weight is 542 g/mol. The molecule has 0 radical (unpaired) electrons. The number of hydrogen-bond acceptors (Lipinski definition) is 6. The number of aromatic hydroxyl groups is 1. The zero-order valence-electron chi connectivity index (χ0n) is 20.2. The highest BCUT2D eigenvalue weighted by molar-refractivity contribution is 7.92. The fraction of sp³-hybridized carbons (Fsp3) is 0.480. The fourth-order valence-electron chi connectivity index (χ4n) is 6.10. The van der Waals surface area contributed by atoms with E-state index in [2.05, 4.69) is 21.4 Å². The molecule has 2 aromatic carbocycles. The summed E-state index contributed by atoms with van der Waals surface area (Å²) in [6.07, 6.45) is 3.18. The number of fused-ring (bicyclic) bond motifs is 1. The van der Waals surface area contributed by atoms with Gasteiger partial charge >= 0.3 is 12.1 Å². The van der Waals surface area contributed by atoms with E-state index in [-0.39, 0.29) is 11.2 Å². The Morgan fingerprint density at radius 2 is 1.78 bits per heavy atom. The fourth-order valence-corrected chi connectivity index (χ4v) is 6.68. The van der Waals surface area contributed by atoms with Crippen LogP contribution in [0.1, 0.15) is 43.2 Å². The van der Waals surface area contributed by atoms with Gasteiger partial charge in [0.15, 0.2) is 0 Å². The Morgan fingerprint density at radius 3 is 2.43 bits per heavy atom. The molecule has 8 nitrogen and oxygen atoms in total. The van der Waals surface area contributed by atoms with Gasteiger partial charge < -0.3 is 20.8 Å². The lowest BCUT2D eigenvalue weighted by molar-refractivity contribution is -0.192. The number of phenolic OH excluding ortho intramolecular Hbond substituents is 1. The minimum atomic E-state index is -5.08.